The van der Waals surface area contributed by atoms with E-state index in [0.29, 0.717) is 23.5 Å². The summed E-state index contributed by atoms with van der Waals surface area (Å²) in [6, 6.07) is 11.5. The number of hydrogen-bond acceptors (Lipinski definition) is 4. The molecule has 1 aliphatic carbocycles. The van der Waals surface area contributed by atoms with Crippen LogP contribution < -0.4 is 14.2 Å². The highest BCUT2D eigenvalue weighted by Crippen LogP contribution is 2.45. The molecule has 114 valence electrons. The molecule has 0 spiro atoms. The summed E-state index contributed by atoms with van der Waals surface area (Å²) in [4.78, 5) is 12.4. The smallest absolute Gasteiger partial charge is 0.164 e. The number of methoxy groups -OCH3 is 3. The van der Waals surface area contributed by atoms with Crippen LogP contribution in [0.3, 0.4) is 0 Å². The standard InChI is InChI=1S/C18H18O4/c1-20-16-7-5-4-6-11(16)12-8-15(19)14-10-18(22-3)17(21-2)9-13(12)14/h4-7,9-10,12H,8H2,1-3H3. The predicted molar refractivity (Wildman–Crippen MR) is 83.3 cm³/mol. The molecular weight excluding hydrogens is 280 g/mol. The number of Topliss-reactive ketones (excluding diaryl/α,β-unsaturated/α-hetero) is 1. The lowest BCUT2D eigenvalue weighted by atomic mass is 9.92. The summed E-state index contributed by atoms with van der Waals surface area (Å²) in [5.41, 5.74) is 2.69. The number of carbonyl (C=O) groups is 1. The first-order valence-electron chi connectivity index (χ1n) is 7.11. The van der Waals surface area contributed by atoms with Crippen molar-refractivity contribution in [1.82, 2.24) is 0 Å². The van der Waals surface area contributed by atoms with Crippen LogP contribution in [0.1, 0.15) is 33.8 Å². The maximum absolute atomic E-state index is 12.4. The molecule has 0 saturated carbocycles. The number of fused-ring (bicyclic) bond motifs is 1. The van der Waals surface area contributed by atoms with Crippen LogP contribution >= 0.6 is 0 Å². The summed E-state index contributed by atoms with van der Waals surface area (Å²) >= 11 is 0. The SMILES string of the molecule is COc1cc2c(cc1OC)C(c1ccccc1OC)CC2=O. The zero-order valence-electron chi connectivity index (χ0n) is 12.9. The Morgan fingerprint density at radius 3 is 2.18 bits per heavy atom. The van der Waals surface area contributed by atoms with Crippen LogP contribution in [0.2, 0.25) is 0 Å². The Morgan fingerprint density at radius 2 is 1.50 bits per heavy atom. The largest absolute Gasteiger partial charge is 0.496 e. The maximum Gasteiger partial charge on any atom is 0.164 e. The van der Waals surface area contributed by atoms with Crippen molar-refractivity contribution >= 4 is 5.78 Å². The predicted octanol–water partition coefficient (Wildman–Crippen LogP) is 3.43. The molecular formula is C18H18O4. The second-order valence-electron chi connectivity index (χ2n) is 5.22. The highest BCUT2D eigenvalue weighted by molar-refractivity contribution is 6.02. The van der Waals surface area contributed by atoms with E-state index in [0.717, 1.165) is 16.9 Å². The van der Waals surface area contributed by atoms with Crippen molar-refractivity contribution in [2.24, 2.45) is 0 Å². The third-order valence-electron chi connectivity index (χ3n) is 4.14. The molecule has 0 aromatic heterocycles. The van der Waals surface area contributed by atoms with Gasteiger partial charge in [-0.3, -0.25) is 4.79 Å². The van der Waals surface area contributed by atoms with Crippen LogP contribution in [0.4, 0.5) is 0 Å². The number of benzene rings is 2. The zero-order valence-corrected chi connectivity index (χ0v) is 12.9. The van der Waals surface area contributed by atoms with Gasteiger partial charge in [0.1, 0.15) is 5.75 Å². The highest BCUT2D eigenvalue weighted by Gasteiger charge is 2.33. The second-order valence-corrected chi connectivity index (χ2v) is 5.22. The van der Waals surface area contributed by atoms with Gasteiger partial charge >= 0.3 is 0 Å². The minimum Gasteiger partial charge on any atom is -0.496 e. The summed E-state index contributed by atoms with van der Waals surface area (Å²) in [5, 5.41) is 0. The fraction of sp³-hybridized carbons (Fsp3) is 0.278. The number of ether oxygens (including phenoxy) is 3. The van der Waals surface area contributed by atoms with E-state index in [9.17, 15) is 4.79 Å². The molecule has 2 aromatic carbocycles. The molecule has 0 aliphatic heterocycles. The first-order valence-corrected chi connectivity index (χ1v) is 7.11. The van der Waals surface area contributed by atoms with Gasteiger partial charge in [-0.2, -0.15) is 0 Å². The van der Waals surface area contributed by atoms with E-state index < -0.39 is 0 Å². The van der Waals surface area contributed by atoms with Crippen LogP contribution in [0, 0.1) is 0 Å². The molecule has 4 nitrogen and oxygen atoms in total. The Kier molecular flexibility index (Phi) is 3.75. The van der Waals surface area contributed by atoms with Crippen molar-refractivity contribution in [2.45, 2.75) is 12.3 Å². The average Bonchev–Trinajstić information content (AvgIpc) is 2.89. The van der Waals surface area contributed by atoms with Crippen molar-refractivity contribution in [3.8, 4) is 17.2 Å². The Morgan fingerprint density at radius 1 is 0.864 bits per heavy atom. The molecule has 0 N–H and O–H groups in total. The molecule has 2 aromatic rings. The lowest BCUT2D eigenvalue weighted by Crippen LogP contribution is -2.01. The lowest BCUT2D eigenvalue weighted by Gasteiger charge is -2.16. The molecule has 0 saturated heterocycles. The number of hydrogen-bond donors (Lipinski definition) is 0. The van der Waals surface area contributed by atoms with Crippen LogP contribution in [-0.2, 0) is 0 Å². The minimum absolute atomic E-state index is 0.0153. The molecule has 0 fully saturated rings. The molecule has 1 unspecified atom stereocenters. The lowest BCUT2D eigenvalue weighted by molar-refractivity contribution is 0.0991. The number of rotatable bonds is 4. The van der Waals surface area contributed by atoms with E-state index in [-0.39, 0.29) is 11.7 Å². The summed E-state index contributed by atoms with van der Waals surface area (Å²) in [7, 11) is 4.81. The Labute approximate surface area is 129 Å². The normalized spacial score (nSPS) is 16.3. The van der Waals surface area contributed by atoms with Crippen molar-refractivity contribution in [1.29, 1.82) is 0 Å². The molecule has 4 heteroatoms. The molecule has 3 rings (SSSR count). The first-order chi connectivity index (χ1) is 10.7. The summed E-state index contributed by atoms with van der Waals surface area (Å²) in [6.45, 7) is 0. The maximum atomic E-state index is 12.4. The van der Waals surface area contributed by atoms with E-state index >= 15 is 0 Å². The Hall–Kier alpha value is -2.49. The Balaban J connectivity index is 2.15. The molecule has 0 bridgehead atoms. The molecule has 22 heavy (non-hydrogen) atoms. The van der Waals surface area contributed by atoms with Gasteiger partial charge in [-0.1, -0.05) is 18.2 Å². The zero-order chi connectivity index (χ0) is 15.7. The van der Waals surface area contributed by atoms with Crippen LogP contribution in [-0.4, -0.2) is 27.1 Å². The van der Waals surface area contributed by atoms with Gasteiger partial charge in [-0.15, -0.1) is 0 Å². The van der Waals surface area contributed by atoms with Gasteiger partial charge in [-0.25, -0.2) is 0 Å². The fourth-order valence-electron chi connectivity index (χ4n) is 3.06. The highest BCUT2D eigenvalue weighted by atomic mass is 16.5. The van der Waals surface area contributed by atoms with E-state index in [2.05, 4.69) is 0 Å². The van der Waals surface area contributed by atoms with Crippen LogP contribution in [0.5, 0.6) is 17.2 Å². The number of para-hydroxylation sites is 1. The van der Waals surface area contributed by atoms with E-state index in [1.165, 1.54) is 0 Å². The molecule has 0 amide bonds. The van der Waals surface area contributed by atoms with Crippen molar-refractivity contribution in [3.63, 3.8) is 0 Å². The second kappa shape index (κ2) is 5.72. The minimum atomic E-state index is -0.0153. The molecule has 0 radical (unpaired) electrons. The first kappa shape index (κ1) is 14.4. The van der Waals surface area contributed by atoms with Gasteiger partial charge in [0.05, 0.1) is 21.3 Å². The van der Waals surface area contributed by atoms with Crippen molar-refractivity contribution in [3.05, 3.63) is 53.1 Å². The molecule has 1 atom stereocenters. The quantitative estimate of drug-likeness (QED) is 0.867. The average molecular weight is 298 g/mol. The number of ketones is 1. The van der Waals surface area contributed by atoms with Crippen LogP contribution in [0.25, 0.3) is 0 Å². The third kappa shape index (κ3) is 2.21. The van der Waals surface area contributed by atoms with Gasteiger partial charge in [0, 0.05) is 23.5 Å². The van der Waals surface area contributed by atoms with Crippen molar-refractivity contribution < 1.29 is 19.0 Å². The molecule has 1 aliphatic rings. The Bertz CT molecular complexity index is 721. The monoisotopic (exact) mass is 298 g/mol. The van der Waals surface area contributed by atoms with E-state index in [4.69, 9.17) is 14.2 Å². The van der Waals surface area contributed by atoms with Crippen LogP contribution in [0.15, 0.2) is 36.4 Å². The van der Waals surface area contributed by atoms with E-state index in [1.54, 1.807) is 27.4 Å². The van der Waals surface area contributed by atoms with Gasteiger partial charge in [0.2, 0.25) is 0 Å². The number of carbonyl (C=O) groups excluding carboxylic acids is 1. The van der Waals surface area contributed by atoms with Gasteiger partial charge < -0.3 is 14.2 Å². The summed E-state index contributed by atoms with van der Waals surface area (Å²) in [6.07, 6.45) is 0.437. The fourth-order valence-corrected chi connectivity index (χ4v) is 3.06. The molecule has 0 heterocycles. The summed E-state index contributed by atoms with van der Waals surface area (Å²) in [5.74, 6) is 2.11. The van der Waals surface area contributed by atoms with Gasteiger partial charge in [0.15, 0.2) is 17.3 Å². The van der Waals surface area contributed by atoms with E-state index in [1.807, 2.05) is 30.3 Å². The third-order valence-corrected chi connectivity index (χ3v) is 4.14. The van der Waals surface area contributed by atoms with Gasteiger partial charge in [-0.05, 0) is 23.8 Å². The van der Waals surface area contributed by atoms with Gasteiger partial charge in [0.25, 0.3) is 0 Å². The summed E-state index contributed by atoms with van der Waals surface area (Å²) < 4.78 is 16.1. The van der Waals surface area contributed by atoms with Crippen molar-refractivity contribution in [2.75, 3.05) is 21.3 Å². The topological polar surface area (TPSA) is 44.8 Å².